The van der Waals surface area contributed by atoms with Crippen LogP contribution in [-0.2, 0) is 0 Å². The van der Waals surface area contributed by atoms with Crippen LogP contribution in [0.5, 0.6) is 11.5 Å². The highest BCUT2D eigenvalue weighted by Crippen LogP contribution is 2.38. The Balaban J connectivity index is 1.82. The predicted octanol–water partition coefficient (Wildman–Crippen LogP) is 2.65. The maximum atomic E-state index is 6.34. The van der Waals surface area contributed by atoms with Gasteiger partial charge in [-0.3, -0.25) is 0 Å². The topological polar surface area (TPSA) is 44.5 Å². The van der Waals surface area contributed by atoms with E-state index in [4.69, 9.17) is 15.2 Å². The Kier molecular flexibility index (Phi) is 2.93. The summed E-state index contributed by atoms with van der Waals surface area (Å²) in [6, 6.07) is 6.26. The van der Waals surface area contributed by atoms with E-state index in [1.165, 1.54) is 31.2 Å². The molecule has 2 aliphatic rings. The molecule has 1 aliphatic heterocycles. The zero-order chi connectivity index (χ0) is 11.7. The Bertz CT molecular complexity index is 399. The molecule has 2 N–H and O–H groups in total. The standard InChI is InChI=1S/C14H19NO2/c15-14(10-3-1-2-4-10)11-5-6-12-13(9-11)17-8-7-16-12/h5-6,9-10,14H,1-4,7-8,15H2. The van der Waals surface area contributed by atoms with E-state index in [0.29, 0.717) is 19.1 Å². The Morgan fingerprint density at radius 2 is 1.76 bits per heavy atom. The molecule has 3 rings (SSSR count). The zero-order valence-corrected chi connectivity index (χ0v) is 10.0. The molecule has 1 saturated carbocycles. The molecule has 0 radical (unpaired) electrons. The summed E-state index contributed by atoms with van der Waals surface area (Å²) in [6.45, 7) is 1.27. The van der Waals surface area contributed by atoms with Gasteiger partial charge in [-0.25, -0.2) is 0 Å². The highest BCUT2D eigenvalue weighted by molar-refractivity contribution is 5.44. The van der Waals surface area contributed by atoms with Crippen LogP contribution in [0.1, 0.15) is 37.3 Å². The van der Waals surface area contributed by atoms with E-state index < -0.39 is 0 Å². The van der Waals surface area contributed by atoms with E-state index in [1.807, 2.05) is 6.07 Å². The van der Waals surface area contributed by atoms with Crippen molar-refractivity contribution in [3.8, 4) is 11.5 Å². The van der Waals surface area contributed by atoms with Crippen LogP contribution in [0.15, 0.2) is 18.2 Å². The van der Waals surface area contributed by atoms with Crippen molar-refractivity contribution in [3.63, 3.8) is 0 Å². The Hall–Kier alpha value is -1.22. The van der Waals surface area contributed by atoms with Crippen LogP contribution in [0.25, 0.3) is 0 Å². The first-order chi connectivity index (χ1) is 8.34. The fourth-order valence-electron chi connectivity index (χ4n) is 2.86. The van der Waals surface area contributed by atoms with Crippen molar-refractivity contribution in [3.05, 3.63) is 23.8 Å². The fourth-order valence-corrected chi connectivity index (χ4v) is 2.86. The maximum Gasteiger partial charge on any atom is 0.161 e. The lowest BCUT2D eigenvalue weighted by molar-refractivity contribution is 0.171. The summed E-state index contributed by atoms with van der Waals surface area (Å²) in [5.74, 6) is 2.33. The molecule has 0 saturated heterocycles. The third-order valence-corrected chi connectivity index (χ3v) is 3.86. The second-order valence-corrected chi connectivity index (χ2v) is 4.97. The van der Waals surface area contributed by atoms with Crippen LogP contribution < -0.4 is 15.2 Å². The normalized spacial score (nSPS) is 21.5. The summed E-state index contributed by atoms with van der Waals surface area (Å²) < 4.78 is 11.1. The van der Waals surface area contributed by atoms with Crippen LogP contribution in [-0.4, -0.2) is 13.2 Å². The van der Waals surface area contributed by atoms with Crippen molar-refractivity contribution in [2.24, 2.45) is 11.7 Å². The quantitative estimate of drug-likeness (QED) is 0.854. The van der Waals surface area contributed by atoms with Crippen molar-refractivity contribution < 1.29 is 9.47 Å². The summed E-state index contributed by atoms with van der Waals surface area (Å²) in [5, 5.41) is 0. The van der Waals surface area contributed by atoms with Crippen LogP contribution in [0, 0.1) is 5.92 Å². The number of rotatable bonds is 2. The second kappa shape index (κ2) is 4.57. The SMILES string of the molecule is NC(c1ccc2c(c1)OCCO2)C1CCCC1. The van der Waals surface area contributed by atoms with E-state index in [-0.39, 0.29) is 6.04 Å². The first-order valence-corrected chi connectivity index (χ1v) is 6.50. The number of hydrogen-bond acceptors (Lipinski definition) is 3. The molecule has 92 valence electrons. The average Bonchev–Trinajstić information content (AvgIpc) is 2.91. The van der Waals surface area contributed by atoms with Gasteiger partial charge >= 0.3 is 0 Å². The fraction of sp³-hybridized carbons (Fsp3) is 0.571. The third kappa shape index (κ3) is 2.12. The number of hydrogen-bond donors (Lipinski definition) is 1. The van der Waals surface area contributed by atoms with Crippen LogP contribution >= 0.6 is 0 Å². The maximum absolute atomic E-state index is 6.34. The van der Waals surface area contributed by atoms with Crippen molar-refractivity contribution in [1.29, 1.82) is 0 Å². The number of ether oxygens (including phenoxy) is 2. The first-order valence-electron chi connectivity index (χ1n) is 6.50. The van der Waals surface area contributed by atoms with Gasteiger partial charge in [-0.1, -0.05) is 18.9 Å². The molecule has 1 unspecified atom stereocenters. The van der Waals surface area contributed by atoms with Gasteiger partial charge in [0, 0.05) is 6.04 Å². The summed E-state index contributed by atoms with van der Waals surface area (Å²) in [6.07, 6.45) is 5.16. The molecule has 0 spiro atoms. The third-order valence-electron chi connectivity index (χ3n) is 3.86. The molecular formula is C14H19NO2. The molecule has 17 heavy (non-hydrogen) atoms. The molecule has 3 heteroatoms. The minimum absolute atomic E-state index is 0.147. The summed E-state index contributed by atoms with van der Waals surface area (Å²) >= 11 is 0. The Morgan fingerprint density at radius 3 is 2.53 bits per heavy atom. The second-order valence-electron chi connectivity index (χ2n) is 4.97. The van der Waals surface area contributed by atoms with Gasteiger partial charge in [-0.2, -0.15) is 0 Å². The van der Waals surface area contributed by atoms with Gasteiger partial charge in [0.15, 0.2) is 11.5 Å². The number of benzene rings is 1. The van der Waals surface area contributed by atoms with Crippen LogP contribution in [0.3, 0.4) is 0 Å². The van der Waals surface area contributed by atoms with Crippen LogP contribution in [0.4, 0.5) is 0 Å². The van der Waals surface area contributed by atoms with E-state index in [0.717, 1.165) is 11.5 Å². The molecule has 1 fully saturated rings. The van der Waals surface area contributed by atoms with Crippen LogP contribution in [0.2, 0.25) is 0 Å². The molecule has 0 aromatic heterocycles. The predicted molar refractivity (Wildman–Crippen MR) is 66.3 cm³/mol. The van der Waals surface area contributed by atoms with E-state index >= 15 is 0 Å². The molecule has 3 nitrogen and oxygen atoms in total. The highest BCUT2D eigenvalue weighted by atomic mass is 16.6. The average molecular weight is 233 g/mol. The van der Waals surface area contributed by atoms with Crippen molar-refractivity contribution >= 4 is 0 Å². The van der Waals surface area contributed by atoms with Gasteiger partial charge in [0.25, 0.3) is 0 Å². The van der Waals surface area contributed by atoms with E-state index in [1.54, 1.807) is 0 Å². The molecule has 0 amide bonds. The highest BCUT2D eigenvalue weighted by Gasteiger charge is 2.24. The molecule has 1 aromatic carbocycles. The Labute approximate surface area is 102 Å². The minimum Gasteiger partial charge on any atom is -0.486 e. The number of nitrogens with two attached hydrogens (primary N) is 1. The zero-order valence-electron chi connectivity index (χ0n) is 10.0. The molecule has 1 aliphatic carbocycles. The summed E-state index contributed by atoms with van der Waals surface area (Å²) in [5.41, 5.74) is 7.52. The molecular weight excluding hydrogens is 214 g/mol. The molecule has 1 atom stereocenters. The smallest absolute Gasteiger partial charge is 0.161 e. The van der Waals surface area contributed by atoms with E-state index in [2.05, 4.69) is 12.1 Å². The first kappa shape index (κ1) is 10.9. The van der Waals surface area contributed by atoms with Gasteiger partial charge < -0.3 is 15.2 Å². The van der Waals surface area contributed by atoms with Gasteiger partial charge in [-0.05, 0) is 36.5 Å². The van der Waals surface area contributed by atoms with Crippen molar-refractivity contribution in [1.82, 2.24) is 0 Å². The summed E-state index contributed by atoms with van der Waals surface area (Å²) in [7, 11) is 0. The molecule has 1 heterocycles. The largest absolute Gasteiger partial charge is 0.486 e. The molecule has 1 aromatic rings. The lowest BCUT2D eigenvalue weighted by Gasteiger charge is -2.23. The van der Waals surface area contributed by atoms with Crippen molar-refractivity contribution in [2.45, 2.75) is 31.7 Å². The summed E-state index contributed by atoms with van der Waals surface area (Å²) in [4.78, 5) is 0. The van der Waals surface area contributed by atoms with Crippen molar-refractivity contribution in [2.75, 3.05) is 13.2 Å². The van der Waals surface area contributed by atoms with Gasteiger partial charge in [-0.15, -0.1) is 0 Å². The van der Waals surface area contributed by atoms with Gasteiger partial charge in [0.2, 0.25) is 0 Å². The lowest BCUT2D eigenvalue weighted by atomic mass is 9.92. The van der Waals surface area contributed by atoms with E-state index in [9.17, 15) is 0 Å². The van der Waals surface area contributed by atoms with Gasteiger partial charge in [0.05, 0.1) is 0 Å². The monoisotopic (exact) mass is 233 g/mol. The van der Waals surface area contributed by atoms with Gasteiger partial charge in [0.1, 0.15) is 13.2 Å². The minimum atomic E-state index is 0.147. The number of fused-ring (bicyclic) bond motifs is 1. The Morgan fingerprint density at radius 1 is 1.06 bits per heavy atom. The molecule has 0 bridgehead atoms. The lowest BCUT2D eigenvalue weighted by Crippen LogP contribution is -2.20.